The summed E-state index contributed by atoms with van der Waals surface area (Å²) in [7, 11) is 2.17. The first-order valence-corrected chi connectivity index (χ1v) is 21.5. The third kappa shape index (κ3) is 5.83. The van der Waals surface area contributed by atoms with Gasteiger partial charge >= 0.3 is 0 Å². The van der Waals surface area contributed by atoms with Crippen LogP contribution in [0.25, 0.3) is 64.0 Å². The van der Waals surface area contributed by atoms with Gasteiger partial charge in [0.1, 0.15) is 0 Å². The normalized spacial score (nSPS) is 12.6. The molecule has 10 aromatic carbocycles. The second-order valence-corrected chi connectivity index (χ2v) is 16.7. The topological polar surface area (TPSA) is 3.24 Å². The van der Waals surface area contributed by atoms with Gasteiger partial charge in [0.2, 0.25) is 0 Å². The molecule has 11 aromatic rings. The molecule has 1 nitrogen and oxygen atoms in total. The van der Waals surface area contributed by atoms with Crippen molar-refractivity contribution in [2.75, 3.05) is 11.9 Å². The van der Waals surface area contributed by atoms with E-state index >= 15 is 0 Å². The zero-order valence-electron chi connectivity index (χ0n) is 33.3. The number of hydrogen-bond acceptors (Lipinski definition) is 2. The van der Waals surface area contributed by atoms with Gasteiger partial charge < -0.3 is 4.90 Å². The number of benzene rings is 10. The van der Waals surface area contributed by atoms with E-state index in [1.807, 2.05) is 11.3 Å². The van der Waals surface area contributed by atoms with Gasteiger partial charge in [-0.1, -0.05) is 194 Å². The lowest BCUT2D eigenvalue weighted by atomic mass is 9.68. The highest BCUT2D eigenvalue weighted by Gasteiger charge is 2.45. The Bertz CT molecular complexity index is 3260. The molecule has 284 valence electrons. The van der Waals surface area contributed by atoms with Gasteiger partial charge in [-0.3, -0.25) is 0 Å². The monoisotopic (exact) mass is 783 g/mol. The van der Waals surface area contributed by atoms with Crippen molar-refractivity contribution in [3.8, 4) is 22.3 Å². The Morgan fingerprint density at radius 1 is 0.383 bits per heavy atom. The number of hydrogen-bond donors (Lipinski definition) is 0. The van der Waals surface area contributed by atoms with Gasteiger partial charge in [-0.15, -0.1) is 11.3 Å². The van der Waals surface area contributed by atoms with E-state index in [2.05, 4.69) is 242 Å². The van der Waals surface area contributed by atoms with Crippen molar-refractivity contribution in [1.29, 1.82) is 0 Å². The molecule has 0 spiro atoms. The van der Waals surface area contributed by atoms with Crippen LogP contribution >= 0.6 is 11.3 Å². The van der Waals surface area contributed by atoms with E-state index in [-0.39, 0.29) is 5.41 Å². The van der Waals surface area contributed by atoms with Gasteiger partial charge in [0.05, 0.1) is 11.1 Å². The molecule has 0 unspecified atom stereocenters. The second kappa shape index (κ2) is 14.8. The SMILES string of the molecule is CN(c1cccc(-c2ccc3ccc4ccccc4c3c2)c1)c1cccc2sc3ccccc3c12.c1ccc(C2(c3ccccc3)c3ccccc3-c3ccccc32)cc1. The molecule has 60 heavy (non-hydrogen) atoms. The quantitative estimate of drug-likeness (QED) is 0.157. The first kappa shape index (κ1) is 35.9. The van der Waals surface area contributed by atoms with Crippen molar-refractivity contribution in [1.82, 2.24) is 0 Å². The largest absolute Gasteiger partial charge is 0.344 e. The minimum absolute atomic E-state index is 0.254. The van der Waals surface area contributed by atoms with Crippen LogP contribution in [-0.2, 0) is 5.41 Å². The van der Waals surface area contributed by atoms with Gasteiger partial charge in [0.25, 0.3) is 0 Å². The van der Waals surface area contributed by atoms with E-state index in [0.29, 0.717) is 0 Å². The van der Waals surface area contributed by atoms with E-state index in [1.165, 1.54) is 97.6 Å². The summed E-state index contributed by atoms with van der Waals surface area (Å²) < 4.78 is 2.66. The van der Waals surface area contributed by atoms with Crippen molar-refractivity contribution in [2.45, 2.75) is 5.41 Å². The molecule has 0 fully saturated rings. The molecule has 0 bridgehead atoms. The summed E-state index contributed by atoms with van der Waals surface area (Å²) in [5.41, 5.74) is 12.7. The van der Waals surface area contributed by atoms with Crippen LogP contribution in [0.3, 0.4) is 0 Å². The lowest BCUT2D eigenvalue weighted by Crippen LogP contribution is -2.28. The van der Waals surface area contributed by atoms with Crippen LogP contribution in [0, 0.1) is 0 Å². The molecular formula is C58H41NS. The van der Waals surface area contributed by atoms with Crippen molar-refractivity contribution < 1.29 is 0 Å². The van der Waals surface area contributed by atoms with Crippen molar-refractivity contribution in [3.05, 3.63) is 253 Å². The van der Waals surface area contributed by atoms with E-state index in [4.69, 9.17) is 0 Å². The summed E-state index contributed by atoms with van der Waals surface area (Å²) in [6, 6.07) is 83.6. The molecule has 0 amide bonds. The van der Waals surface area contributed by atoms with E-state index in [1.54, 1.807) is 0 Å². The zero-order valence-corrected chi connectivity index (χ0v) is 34.1. The fraction of sp³-hybridized carbons (Fsp3) is 0.0345. The summed E-state index contributed by atoms with van der Waals surface area (Å²) in [6.07, 6.45) is 0. The van der Waals surface area contributed by atoms with Gasteiger partial charge in [0, 0.05) is 32.9 Å². The highest BCUT2D eigenvalue weighted by atomic mass is 32.1. The predicted octanol–water partition coefficient (Wildman–Crippen LogP) is 15.8. The van der Waals surface area contributed by atoms with Crippen LogP contribution in [0.5, 0.6) is 0 Å². The fourth-order valence-corrected chi connectivity index (χ4v) is 10.8. The fourth-order valence-electron chi connectivity index (χ4n) is 9.65. The van der Waals surface area contributed by atoms with Gasteiger partial charge in [-0.2, -0.15) is 0 Å². The third-order valence-corrected chi connectivity index (χ3v) is 13.6. The first-order chi connectivity index (χ1) is 29.7. The lowest BCUT2D eigenvalue weighted by molar-refractivity contribution is 0.768. The molecule has 1 heterocycles. The average molecular weight is 784 g/mol. The average Bonchev–Trinajstić information content (AvgIpc) is 3.86. The van der Waals surface area contributed by atoms with Crippen LogP contribution < -0.4 is 4.90 Å². The number of rotatable bonds is 5. The smallest absolute Gasteiger partial charge is 0.0713 e. The van der Waals surface area contributed by atoms with Crippen LogP contribution in [0.4, 0.5) is 11.4 Å². The predicted molar refractivity (Wildman–Crippen MR) is 258 cm³/mol. The van der Waals surface area contributed by atoms with E-state index in [0.717, 1.165) is 0 Å². The Morgan fingerprint density at radius 2 is 0.917 bits per heavy atom. The minimum atomic E-state index is -0.254. The molecule has 1 aromatic heterocycles. The molecule has 1 aliphatic carbocycles. The van der Waals surface area contributed by atoms with Gasteiger partial charge in [-0.25, -0.2) is 0 Å². The Morgan fingerprint density at radius 3 is 1.63 bits per heavy atom. The first-order valence-electron chi connectivity index (χ1n) is 20.6. The molecule has 0 aliphatic heterocycles. The van der Waals surface area contributed by atoms with E-state index in [9.17, 15) is 0 Å². The standard InChI is InChI=1S/C33H23NS.C25H18/c1-34(30-13-7-15-32-33(30)28-12-4-5-14-31(28)35-32)26-10-6-9-24(20-26)25-19-18-23-17-16-22-8-2-3-11-27(22)29(23)21-25;1-3-11-19(12-4-1)25(20-13-5-2-6-14-20)23-17-9-7-15-21(23)22-16-8-10-18-24(22)25/h2-21H,1H3;1-18H. The summed E-state index contributed by atoms with van der Waals surface area (Å²) in [5, 5.41) is 7.81. The molecule has 0 N–H and O–H groups in total. The molecular weight excluding hydrogens is 743 g/mol. The maximum absolute atomic E-state index is 2.34. The number of anilines is 2. The van der Waals surface area contributed by atoms with Crippen molar-refractivity contribution in [3.63, 3.8) is 0 Å². The van der Waals surface area contributed by atoms with Crippen LogP contribution in [0.1, 0.15) is 22.3 Å². The Hall–Kier alpha value is -7.26. The van der Waals surface area contributed by atoms with E-state index < -0.39 is 0 Å². The molecule has 0 saturated carbocycles. The lowest BCUT2D eigenvalue weighted by Gasteiger charge is -2.33. The molecule has 0 radical (unpaired) electrons. The maximum Gasteiger partial charge on any atom is 0.0713 e. The summed E-state index contributed by atoms with van der Waals surface area (Å²) >= 11 is 1.86. The molecule has 1 aliphatic rings. The van der Waals surface area contributed by atoms with Crippen molar-refractivity contribution >= 4 is 64.4 Å². The summed E-state index contributed by atoms with van der Waals surface area (Å²) in [5.74, 6) is 0. The molecule has 0 atom stereocenters. The van der Waals surface area contributed by atoms with Gasteiger partial charge in [0.15, 0.2) is 0 Å². The minimum Gasteiger partial charge on any atom is -0.344 e. The second-order valence-electron chi connectivity index (χ2n) is 15.7. The zero-order chi connectivity index (χ0) is 40.0. The van der Waals surface area contributed by atoms with Crippen LogP contribution in [-0.4, -0.2) is 7.05 Å². The number of nitrogens with zero attached hydrogens (tertiary/aromatic N) is 1. The maximum atomic E-state index is 2.34. The third-order valence-electron chi connectivity index (χ3n) is 12.4. The van der Waals surface area contributed by atoms with Crippen LogP contribution in [0.15, 0.2) is 231 Å². The van der Waals surface area contributed by atoms with Gasteiger partial charge in [-0.05, 0) is 102 Å². The Kier molecular flexibility index (Phi) is 8.87. The molecule has 2 heteroatoms. The van der Waals surface area contributed by atoms with Crippen LogP contribution in [0.2, 0.25) is 0 Å². The molecule has 0 saturated heterocycles. The highest BCUT2D eigenvalue weighted by Crippen LogP contribution is 2.55. The highest BCUT2D eigenvalue weighted by molar-refractivity contribution is 7.26. The summed E-state index contributed by atoms with van der Waals surface area (Å²) in [4.78, 5) is 2.32. The Balaban J connectivity index is 0.000000144. The Labute approximate surface area is 355 Å². The number of thiophene rings is 1. The van der Waals surface area contributed by atoms with Crippen molar-refractivity contribution in [2.24, 2.45) is 0 Å². The summed E-state index contributed by atoms with van der Waals surface area (Å²) in [6.45, 7) is 0. The number of fused-ring (bicyclic) bond motifs is 9. The molecule has 12 rings (SSSR count).